The van der Waals surface area contributed by atoms with Gasteiger partial charge in [0.25, 0.3) is 0 Å². The Labute approximate surface area is 317 Å². The molecule has 0 spiro atoms. The molecule has 13 atom stereocenters. The minimum Gasteiger partial charge on any atom is -0.451 e. The summed E-state index contributed by atoms with van der Waals surface area (Å²) >= 11 is 0. The summed E-state index contributed by atoms with van der Waals surface area (Å²) in [5.74, 6) is 3.30. The summed E-state index contributed by atoms with van der Waals surface area (Å²) in [4.78, 5) is 61.0. The molecule has 0 bridgehead atoms. The van der Waals surface area contributed by atoms with E-state index in [9.17, 15) is 29.1 Å². The van der Waals surface area contributed by atoms with Gasteiger partial charge in [0.05, 0.1) is 0 Å². The monoisotopic (exact) mass is 728 g/mol. The van der Waals surface area contributed by atoms with Crippen LogP contribution in [0.1, 0.15) is 146 Å². The molecular formula is C46H64O7. The molecule has 0 aromatic rings. The fourth-order valence-corrected chi connectivity index (χ4v) is 15.1. The van der Waals surface area contributed by atoms with Crippen molar-refractivity contribution in [2.75, 3.05) is 0 Å². The Morgan fingerprint density at radius 1 is 0.717 bits per heavy atom. The molecule has 8 aliphatic rings. The van der Waals surface area contributed by atoms with E-state index in [-0.39, 0.29) is 45.0 Å². The summed E-state index contributed by atoms with van der Waals surface area (Å²) in [5.41, 5.74) is 1.26. The van der Waals surface area contributed by atoms with Crippen molar-refractivity contribution in [3.63, 3.8) is 0 Å². The number of allylic oxidation sites excluding steroid dienone is 5. The predicted octanol–water partition coefficient (Wildman–Crippen LogP) is 8.66. The lowest BCUT2D eigenvalue weighted by Gasteiger charge is -2.60. The van der Waals surface area contributed by atoms with E-state index >= 15 is 0 Å². The summed E-state index contributed by atoms with van der Waals surface area (Å²) in [6.07, 6.45) is 17.5. The molecule has 1 N–H and O–H groups in total. The van der Waals surface area contributed by atoms with Gasteiger partial charge in [0.2, 0.25) is 0 Å². The third-order valence-electron chi connectivity index (χ3n) is 17.8. The van der Waals surface area contributed by atoms with Gasteiger partial charge in [-0.2, -0.15) is 0 Å². The van der Waals surface area contributed by atoms with Crippen molar-refractivity contribution in [3.8, 4) is 0 Å². The zero-order chi connectivity index (χ0) is 38.7. The largest absolute Gasteiger partial charge is 0.451 e. The normalized spacial score (nSPS) is 48.1. The number of ketones is 4. The lowest BCUT2D eigenvalue weighted by molar-refractivity contribution is -0.185. The van der Waals surface area contributed by atoms with Gasteiger partial charge in [-0.05, 0) is 161 Å². The first kappa shape index (κ1) is 38.6. The SMILES string of the molecule is CC(=O)O[C@]1(C(C)=O)CC[C@H]2[C@@H]3C=C(C)C4=CC(=O)CC[C@]4(C)[C@H]3CC[C@@]21C.CC(=O)[C@@]1(O)CC[C@H]2[C@@H]3C[C@H](C)C4=CC(=O)CC[C@]4(C)[C@H]3CC[C@@]21C. The molecule has 8 rings (SSSR count). The smallest absolute Gasteiger partial charge is 0.303 e. The summed E-state index contributed by atoms with van der Waals surface area (Å²) in [6, 6.07) is 0. The predicted molar refractivity (Wildman–Crippen MR) is 203 cm³/mol. The summed E-state index contributed by atoms with van der Waals surface area (Å²) in [7, 11) is 0. The number of fused-ring (bicyclic) bond motifs is 10. The second kappa shape index (κ2) is 12.7. The van der Waals surface area contributed by atoms with E-state index in [1.807, 2.05) is 12.2 Å². The Balaban J connectivity index is 0.000000165. The highest BCUT2D eigenvalue weighted by molar-refractivity contribution is 5.93. The number of ether oxygens (including phenoxy) is 1. The van der Waals surface area contributed by atoms with E-state index in [0.29, 0.717) is 72.9 Å². The number of carbonyl (C=O) groups is 5. The van der Waals surface area contributed by atoms with Crippen LogP contribution in [-0.4, -0.2) is 45.4 Å². The lowest BCUT2D eigenvalue weighted by Crippen LogP contribution is -2.58. The molecule has 7 nitrogen and oxygen atoms in total. The van der Waals surface area contributed by atoms with Gasteiger partial charge in [0.15, 0.2) is 28.7 Å². The number of aliphatic hydroxyl groups is 1. The summed E-state index contributed by atoms with van der Waals surface area (Å²) in [5, 5.41) is 11.2. The molecule has 7 heteroatoms. The van der Waals surface area contributed by atoms with Crippen LogP contribution in [0, 0.1) is 63.1 Å². The van der Waals surface area contributed by atoms with Crippen LogP contribution in [0.2, 0.25) is 0 Å². The number of hydrogen-bond donors (Lipinski definition) is 1. The molecule has 0 aliphatic heterocycles. The first-order valence-electron chi connectivity index (χ1n) is 20.8. The third-order valence-corrected chi connectivity index (χ3v) is 17.8. The van der Waals surface area contributed by atoms with E-state index in [4.69, 9.17) is 4.74 Å². The molecule has 0 radical (unpaired) electrons. The van der Waals surface area contributed by atoms with E-state index in [2.05, 4.69) is 47.6 Å². The Morgan fingerprint density at radius 3 is 1.94 bits per heavy atom. The van der Waals surface area contributed by atoms with Gasteiger partial charge in [-0.3, -0.25) is 24.0 Å². The van der Waals surface area contributed by atoms with Gasteiger partial charge in [-0.15, -0.1) is 0 Å². The molecule has 8 aliphatic carbocycles. The summed E-state index contributed by atoms with van der Waals surface area (Å²) in [6.45, 7) is 18.0. The lowest BCUT2D eigenvalue weighted by atomic mass is 9.45. The van der Waals surface area contributed by atoms with Gasteiger partial charge < -0.3 is 9.84 Å². The summed E-state index contributed by atoms with van der Waals surface area (Å²) < 4.78 is 5.82. The van der Waals surface area contributed by atoms with Crippen molar-refractivity contribution in [2.24, 2.45) is 63.1 Å². The van der Waals surface area contributed by atoms with Crippen molar-refractivity contribution in [2.45, 2.75) is 157 Å². The van der Waals surface area contributed by atoms with Gasteiger partial charge in [-0.25, -0.2) is 0 Å². The average Bonchev–Trinajstić information content (AvgIpc) is 3.54. The molecule has 290 valence electrons. The van der Waals surface area contributed by atoms with Gasteiger partial charge in [0, 0.05) is 30.6 Å². The first-order chi connectivity index (χ1) is 24.7. The molecule has 5 saturated carbocycles. The van der Waals surface area contributed by atoms with Gasteiger partial charge in [-0.1, -0.05) is 51.8 Å². The van der Waals surface area contributed by atoms with Crippen LogP contribution in [0.3, 0.4) is 0 Å². The second-order valence-electron chi connectivity index (χ2n) is 20.0. The molecular weight excluding hydrogens is 664 g/mol. The van der Waals surface area contributed by atoms with Crippen LogP contribution in [0.4, 0.5) is 0 Å². The molecule has 0 saturated heterocycles. The Morgan fingerprint density at radius 2 is 1.30 bits per heavy atom. The van der Waals surface area contributed by atoms with E-state index in [0.717, 1.165) is 57.8 Å². The minimum atomic E-state index is -1.13. The highest BCUT2D eigenvalue weighted by Crippen LogP contribution is 2.70. The van der Waals surface area contributed by atoms with Gasteiger partial charge >= 0.3 is 5.97 Å². The second-order valence-corrected chi connectivity index (χ2v) is 20.0. The number of hydrogen-bond acceptors (Lipinski definition) is 7. The van der Waals surface area contributed by atoms with Crippen LogP contribution in [0.25, 0.3) is 0 Å². The number of rotatable bonds is 3. The number of esters is 1. The van der Waals surface area contributed by atoms with Gasteiger partial charge in [0.1, 0.15) is 5.60 Å². The standard InChI is InChI=1S/C24H32O4.C22H32O3/c1-14-12-18-19(22(4)9-6-17(27)13-21(14)22)7-10-23(5)20(18)8-11-24(23,15(2)25)28-16(3)26;1-13-11-16-17(20(3)8-5-15(24)12-19(13)20)6-9-21(4)18(16)7-10-22(21,25)14(2)23/h12-13,18-20H,6-11H2,1-5H3;12-13,16-18,25H,5-11H2,1-4H3/t18-,19+,20+,22-,23+,24+;13-,16+,17-,18-,20+,21-,22-/m10/s1. The van der Waals surface area contributed by atoms with Crippen molar-refractivity contribution in [1.82, 2.24) is 0 Å². The number of carbonyl (C=O) groups excluding carboxylic acids is 5. The van der Waals surface area contributed by atoms with Crippen LogP contribution in [0.15, 0.2) is 34.9 Å². The Bertz CT molecular complexity index is 1730. The first-order valence-corrected chi connectivity index (χ1v) is 20.8. The Kier molecular flexibility index (Phi) is 9.23. The van der Waals surface area contributed by atoms with E-state index < -0.39 is 11.2 Å². The fourth-order valence-electron chi connectivity index (χ4n) is 15.1. The maximum absolute atomic E-state index is 12.8. The molecule has 0 aromatic carbocycles. The zero-order valence-corrected chi connectivity index (χ0v) is 33.9. The molecule has 0 heterocycles. The van der Waals surface area contributed by atoms with Crippen molar-refractivity contribution >= 4 is 29.1 Å². The van der Waals surface area contributed by atoms with Crippen molar-refractivity contribution < 1.29 is 33.8 Å². The number of Topliss-reactive ketones (excluding diaryl/α,β-unsaturated/α-hetero) is 2. The maximum atomic E-state index is 12.8. The van der Waals surface area contributed by atoms with Crippen molar-refractivity contribution in [3.05, 3.63) is 34.9 Å². The van der Waals surface area contributed by atoms with Crippen molar-refractivity contribution in [1.29, 1.82) is 0 Å². The topological polar surface area (TPSA) is 115 Å². The Hall–Kier alpha value is -2.67. The molecule has 0 amide bonds. The fraction of sp³-hybridized carbons (Fsp3) is 0.761. The molecule has 53 heavy (non-hydrogen) atoms. The molecule has 5 fully saturated rings. The van der Waals surface area contributed by atoms with Crippen LogP contribution in [-0.2, 0) is 28.7 Å². The maximum Gasteiger partial charge on any atom is 0.303 e. The highest BCUT2D eigenvalue weighted by Gasteiger charge is 2.68. The van der Waals surface area contributed by atoms with Crippen LogP contribution < -0.4 is 0 Å². The minimum absolute atomic E-state index is 0.0160. The average molecular weight is 729 g/mol. The molecule has 0 aromatic heterocycles. The van der Waals surface area contributed by atoms with Crippen LogP contribution >= 0.6 is 0 Å². The van der Waals surface area contributed by atoms with Crippen LogP contribution in [0.5, 0.6) is 0 Å². The third kappa shape index (κ3) is 5.30. The zero-order valence-electron chi connectivity index (χ0n) is 33.9. The van der Waals surface area contributed by atoms with E-state index in [1.54, 1.807) is 13.8 Å². The van der Waals surface area contributed by atoms with E-state index in [1.165, 1.54) is 23.6 Å². The quantitative estimate of drug-likeness (QED) is 0.289. The molecule has 0 unspecified atom stereocenters. The highest BCUT2D eigenvalue weighted by atomic mass is 16.6.